The summed E-state index contributed by atoms with van der Waals surface area (Å²) in [6.45, 7) is 3.14. The van der Waals surface area contributed by atoms with Crippen LogP contribution in [0.2, 0.25) is 0 Å². The lowest BCUT2D eigenvalue weighted by Crippen LogP contribution is -2.15. The van der Waals surface area contributed by atoms with E-state index in [1.54, 1.807) is 11.8 Å². The fourth-order valence-electron chi connectivity index (χ4n) is 1.83. The van der Waals surface area contributed by atoms with E-state index in [1.165, 1.54) is 35.2 Å². The Bertz CT molecular complexity index is 520. The molecule has 1 heterocycles. The van der Waals surface area contributed by atoms with E-state index in [2.05, 4.69) is 45.6 Å². The number of rotatable bonds is 5. The van der Waals surface area contributed by atoms with Crippen molar-refractivity contribution < 1.29 is 0 Å². The van der Waals surface area contributed by atoms with Crippen molar-refractivity contribution in [2.45, 2.75) is 42.4 Å². The Morgan fingerprint density at radius 1 is 1.44 bits per heavy atom. The quantitative estimate of drug-likeness (QED) is 0.867. The minimum atomic E-state index is 0.757. The van der Waals surface area contributed by atoms with Crippen LogP contribution in [0, 0.1) is 6.92 Å². The first-order valence-corrected chi connectivity index (χ1v) is 6.99. The monoisotopic (exact) mass is 260 g/mol. The topological polar surface area (TPSA) is 53.6 Å². The van der Waals surface area contributed by atoms with Crippen LogP contribution in [0.3, 0.4) is 0 Å². The highest BCUT2D eigenvalue weighted by atomic mass is 32.2. The van der Waals surface area contributed by atoms with E-state index >= 15 is 0 Å². The molecule has 0 spiro atoms. The molecule has 5 heteroatoms. The van der Waals surface area contributed by atoms with Crippen LogP contribution in [-0.2, 0) is 6.54 Å². The summed E-state index contributed by atoms with van der Waals surface area (Å²) in [7, 11) is 0. The van der Waals surface area contributed by atoms with Crippen molar-refractivity contribution in [2.24, 2.45) is 0 Å². The van der Waals surface area contributed by atoms with Crippen LogP contribution in [0.5, 0.6) is 0 Å². The number of hydrogen-bond donors (Lipinski definition) is 2. The van der Waals surface area contributed by atoms with Gasteiger partial charge in [-0.05, 0) is 43.0 Å². The zero-order valence-electron chi connectivity index (χ0n) is 10.3. The molecule has 1 saturated carbocycles. The van der Waals surface area contributed by atoms with Crippen molar-refractivity contribution >= 4 is 11.8 Å². The Balaban J connectivity index is 1.67. The van der Waals surface area contributed by atoms with Gasteiger partial charge in [0.05, 0.1) is 0 Å². The van der Waals surface area contributed by atoms with Crippen molar-refractivity contribution in [3.8, 4) is 0 Å². The van der Waals surface area contributed by atoms with E-state index in [-0.39, 0.29) is 0 Å². The molecule has 2 aromatic rings. The van der Waals surface area contributed by atoms with E-state index in [0.29, 0.717) is 0 Å². The van der Waals surface area contributed by atoms with Gasteiger partial charge < -0.3 is 5.32 Å². The third-order valence-electron chi connectivity index (χ3n) is 3.08. The lowest BCUT2D eigenvalue weighted by Gasteiger charge is -2.08. The first kappa shape index (κ1) is 11.7. The van der Waals surface area contributed by atoms with Gasteiger partial charge in [0.15, 0.2) is 5.16 Å². The highest BCUT2D eigenvalue weighted by Crippen LogP contribution is 2.26. The Hall–Kier alpha value is -1.33. The maximum atomic E-state index is 4.12. The van der Waals surface area contributed by atoms with E-state index in [4.69, 9.17) is 0 Å². The van der Waals surface area contributed by atoms with Gasteiger partial charge in [0.1, 0.15) is 6.33 Å². The predicted molar refractivity (Wildman–Crippen MR) is 71.5 cm³/mol. The Morgan fingerprint density at radius 3 is 3.00 bits per heavy atom. The second kappa shape index (κ2) is 5.12. The van der Waals surface area contributed by atoms with Gasteiger partial charge in [0, 0.05) is 17.5 Å². The molecule has 1 aromatic carbocycles. The van der Waals surface area contributed by atoms with Crippen LogP contribution >= 0.6 is 11.8 Å². The molecule has 4 nitrogen and oxygen atoms in total. The molecule has 2 N–H and O–H groups in total. The number of nitrogens with zero attached hydrogens (tertiary/aromatic N) is 2. The fourth-order valence-corrected chi connectivity index (χ4v) is 2.62. The normalized spacial score (nSPS) is 14.9. The third-order valence-corrected chi connectivity index (χ3v) is 3.96. The van der Waals surface area contributed by atoms with E-state index in [1.807, 2.05) is 0 Å². The predicted octanol–water partition coefficient (Wildman–Crippen LogP) is 2.52. The summed E-state index contributed by atoms with van der Waals surface area (Å²) < 4.78 is 0. The summed E-state index contributed by atoms with van der Waals surface area (Å²) in [6, 6.07) is 7.30. The minimum absolute atomic E-state index is 0.757. The van der Waals surface area contributed by atoms with Crippen LogP contribution in [0.4, 0.5) is 0 Å². The van der Waals surface area contributed by atoms with Gasteiger partial charge in [0.2, 0.25) is 0 Å². The van der Waals surface area contributed by atoms with Gasteiger partial charge in [-0.25, -0.2) is 4.98 Å². The van der Waals surface area contributed by atoms with Crippen LogP contribution in [0.25, 0.3) is 0 Å². The van der Waals surface area contributed by atoms with Gasteiger partial charge in [-0.3, -0.25) is 5.10 Å². The number of benzene rings is 1. The molecule has 94 valence electrons. The highest BCUT2D eigenvalue weighted by Gasteiger charge is 2.20. The van der Waals surface area contributed by atoms with Crippen LogP contribution < -0.4 is 5.32 Å². The maximum Gasteiger partial charge on any atom is 0.188 e. The van der Waals surface area contributed by atoms with Crippen LogP contribution in [0.1, 0.15) is 24.0 Å². The van der Waals surface area contributed by atoms with Gasteiger partial charge in [0.25, 0.3) is 0 Å². The molecule has 0 bridgehead atoms. The zero-order valence-corrected chi connectivity index (χ0v) is 11.1. The van der Waals surface area contributed by atoms with Crippen molar-refractivity contribution in [1.82, 2.24) is 20.5 Å². The Labute approximate surface area is 111 Å². The molecule has 1 fully saturated rings. The number of hydrogen-bond acceptors (Lipinski definition) is 4. The largest absolute Gasteiger partial charge is 0.310 e. The smallest absolute Gasteiger partial charge is 0.188 e. The molecule has 0 amide bonds. The van der Waals surface area contributed by atoms with E-state index < -0.39 is 0 Å². The van der Waals surface area contributed by atoms with Gasteiger partial charge in [-0.1, -0.05) is 17.8 Å². The molecule has 0 radical (unpaired) electrons. The molecule has 18 heavy (non-hydrogen) atoms. The summed E-state index contributed by atoms with van der Waals surface area (Å²) in [5.74, 6) is 0. The molecule has 0 saturated heterocycles. The Morgan fingerprint density at radius 2 is 2.33 bits per heavy atom. The van der Waals surface area contributed by atoms with Crippen LogP contribution in [0.15, 0.2) is 34.6 Å². The number of nitrogens with one attached hydrogen (secondary N) is 2. The summed E-state index contributed by atoms with van der Waals surface area (Å²) >= 11 is 1.60. The number of aromatic amines is 1. The molecular formula is C13H16N4S. The summed E-state index contributed by atoms with van der Waals surface area (Å²) in [4.78, 5) is 5.31. The molecule has 0 aliphatic heterocycles. The van der Waals surface area contributed by atoms with Crippen molar-refractivity contribution in [3.05, 3.63) is 35.7 Å². The third kappa shape index (κ3) is 2.91. The van der Waals surface area contributed by atoms with Crippen molar-refractivity contribution in [1.29, 1.82) is 0 Å². The first-order chi connectivity index (χ1) is 8.81. The second-order valence-electron chi connectivity index (χ2n) is 4.64. The summed E-state index contributed by atoms with van der Waals surface area (Å²) in [5, 5.41) is 11.1. The fraction of sp³-hybridized carbons (Fsp3) is 0.385. The summed E-state index contributed by atoms with van der Waals surface area (Å²) in [6.07, 6.45) is 4.19. The standard InChI is InChI=1S/C13H16N4S/c1-9-6-12(18-13-15-8-16-17-13)5-2-10(9)7-14-11-3-4-11/h2,5-6,8,11,14H,3-4,7H2,1H3,(H,15,16,17). The number of aryl methyl sites for hydroxylation is 1. The lowest BCUT2D eigenvalue weighted by atomic mass is 10.1. The molecular weight excluding hydrogens is 244 g/mol. The molecule has 1 aliphatic rings. The van der Waals surface area contributed by atoms with E-state index in [9.17, 15) is 0 Å². The average Bonchev–Trinajstić information content (AvgIpc) is 3.05. The molecule has 0 unspecified atom stereocenters. The zero-order chi connectivity index (χ0) is 12.4. The second-order valence-corrected chi connectivity index (χ2v) is 5.70. The minimum Gasteiger partial charge on any atom is -0.310 e. The molecule has 1 aromatic heterocycles. The molecule has 0 atom stereocenters. The van der Waals surface area contributed by atoms with E-state index in [0.717, 1.165) is 17.7 Å². The van der Waals surface area contributed by atoms with Gasteiger partial charge in [-0.2, -0.15) is 5.10 Å². The Kier molecular flexibility index (Phi) is 3.34. The van der Waals surface area contributed by atoms with Gasteiger partial charge in [-0.15, -0.1) is 0 Å². The SMILES string of the molecule is Cc1cc(Sc2ncn[nH]2)ccc1CNC1CC1. The maximum absolute atomic E-state index is 4.12. The highest BCUT2D eigenvalue weighted by molar-refractivity contribution is 7.99. The summed E-state index contributed by atoms with van der Waals surface area (Å²) in [5.41, 5.74) is 2.71. The number of H-pyrrole nitrogens is 1. The number of aromatic nitrogens is 3. The average molecular weight is 260 g/mol. The lowest BCUT2D eigenvalue weighted by molar-refractivity contribution is 0.685. The van der Waals surface area contributed by atoms with Crippen LogP contribution in [-0.4, -0.2) is 21.2 Å². The molecule has 3 rings (SSSR count). The van der Waals surface area contributed by atoms with Crippen molar-refractivity contribution in [3.63, 3.8) is 0 Å². The van der Waals surface area contributed by atoms with Gasteiger partial charge >= 0.3 is 0 Å². The first-order valence-electron chi connectivity index (χ1n) is 6.17. The van der Waals surface area contributed by atoms with Crippen molar-refractivity contribution in [2.75, 3.05) is 0 Å². The molecule has 1 aliphatic carbocycles.